The van der Waals surface area contributed by atoms with Crippen LogP contribution in [-0.4, -0.2) is 28.1 Å². The Hall–Kier alpha value is -1.59. The molecule has 2 heterocycles. The minimum atomic E-state index is 0.480. The van der Waals surface area contributed by atoms with E-state index in [9.17, 15) is 0 Å². The van der Waals surface area contributed by atoms with Gasteiger partial charge in [0.2, 0.25) is 0 Å². The molecule has 0 aliphatic carbocycles. The summed E-state index contributed by atoms with van der Waals surface area (Å²) in [7, 11) is 0. The minimum absolute atomic E-state index is 0.480. The van der Waals surface area contributed by atoms with Gasteiger partial charge in [0.05, 0.1) is 28.3 Å². The highest BCUT2D eigenvalue weighted by Gasteiger charge is 2.22. The molecule has 3 rings (SSSR count). The van der Waals surface area contributed by atoms with E-state index in [1.807, 2.05) is 33.8 Å². The van der Waals surface area contributed by atoms with Crippen molar-refractivity contribution in [2.24, 2.45) is 0 Å². The second-order valence-electron chi connectivity index (χ2n) is 4.12. The van der Waals surface area contributed by atoms with Gasteiger partial charge in [0.15, 0.2) is 0 Å². The summed E-state index contributed by atoms with van der Waals surface area (Å²) in [5, 5.41) is 12.4. The van der Waals surface area contributed by atoms with Crippen LogP contribution < -0.4 is 11.1 Å². The van der Waals surface area contributed by atoms with Crippen molar-refractivity contribution in [2.45, 2.75) is 33.6 Å². The number of rotatable bonds is 2. The van der Waals surface area contributed by atoms with Crippen LogP contribution in [0.3, 0.4) is 0 Å². The molecule has 5 nitrogen and oxygen atoms in total. The highest BCUT2D eigenvalue weighted by molar-refractivity contribution is 6.33. The van der Waals surface area contributed by atoms with E-state index in [1.165, 1.54) is 0 Å². The molecule has 1 aromatic carbocycles. The van der Waals surface area contributed by atoms with E-state index in [-0.39, 0.29) is 0 Å². The van der Waals surface area contributed by atoms with Crippen molar-refractivity contribution >= 4 is 17.3 Å². The Balaban J connectivity index is 0.000000510. The predicted octanol–water partition coefficient (Wildman–Crippen LogP) is 3.24. The van der Waals surface area contributed by atoms with Crippen LogP contribution in [0.25, 0.3) is 5.69 Å². The zero-order valence-electron chi connectivity index (χ0n) is 13.1. The van der Waals surface area contributed by atoms with E-state index in [4.69, 9.17) is 17.3 Å². The second-order valence-corrected chi connectivity index (χ2v) is 4.53. The molecule has 0 amide bonds. The fraction of sp³-hybridized carbons (Fsp3) is 0.467. The topological polar surface area (TPSA) is 68.8 Å². The van der Waals surface area contributed by atoms with Gasteiger partial charge in [0.25, 0.3) is 0 Å². The molecule has 1 aromatic heterocycles. The van der Waals surface area contributed by atoms with Gasteiger partial charge in [-0.15, -0.1) is 0 Å². The molecule has 1 saturated heterocycles. The number of halogens is 1. The molecule has 0 radical (unpaired) electrons. The molecular weight excluding hydrogens is 286 g/mol. The number of hydrogen-bond acceptors (Lipinski definition) is 4. The molecule has 0 unspecified atom stereocenters. The molecule has 1 aliphatic rings. The number of nitrogens with zero attached hydrogens (tertiary/aromatic N) is 3. The van der Waals surface area contributed by atoms with Crippen LogP contribution in [0.5, 0.6) is 0 Å². The monoisotopic (exact) mass is 309 g/mol. The second kappa shape index (κ2) is 8.64. The zero-order chi connectivity index (χ0) is 15.8. The van der Waals surface area contributed by atoms with E-state index in [0.717, 1.165) is 24.5 Å². The number of hydrogen-bond donors (Lipinski definition) is 2. The van der Waals surface area contributed by atoms with Crippen LogP contribution in [0, 0.1) is 0 Å². The standard InChI is InChI=1S/C11H12ClN5.2C2H6/c12-9-2-1-8(3-10(9)13)17-15-6-11(16-17)7-4-14-5-7;2*1-2/h1-3,6-7,14H,4-5,13H2;2*1-2H3. The van der Waals surface area contributed by atoms with Crippen molar-refractivity contribution in [1.82, 2.24) is 20.3 Å². The average molecular weight is 310 g/mol. The van der Waals surface area contributed by atoms with Crippen molar-refractivity contribution < 1.29 is 0 Å². The van der Waals surface area contributed by atoms with Gasteiger partial charge in [-0.1, -0.05) is 39.3 Å². The molecule has 0 saturated carbocycles. The van der Waals surface area contributed by atoms with Crippen LogP contribution in [0.15, 0.2) is 24.4 Å². The number of aromatic nitrogens is 3. The quantitative estimate of drug-likeness (QED) is 0.836. The Bertz CT molecular complexity index is 549. The fourth-order valence-corrected chi connectivity index (χ4v) is 1.86. The lowest BCUT2D eigenvalue weighted by molar-refractivity contribution is 0.437. The summed E-state index contributed by atoms with van der Waals surface area (Å²) in [5.41, 5.74) is 8.12. The highest BCUT2D eigenvalue weighted by Crippen LogP contribution is 2.22. The number of nitrogen functional groups attached to an aromatic ring is 1. The van der Waals surface area contributed by atoms with Gasteiger partial charge in [0, 0.05) is 19.0 Å². The maximum atomic E-state index is 5.87. The molecule has 2 aromatic rings. The van der Waals surface area contributed by atoms with Crippen LogP contribution >= 0.6 is 11.6 Å². The largest absolute Gasteiger partial charge is 0.397 e. The highest BCUT2D eigenvalue weighted by atomic mass is 35.5. The van der Waals surface area contributed by atoms with E-state index in [1.54, 1.807) is 23.1 Å². The minimum Gasteiger partial charge on any atom is -0.397 e. The Morgan fingerprint density at radius 2 is 1.90 bits per heavy atom. The first-order chi connectivity index (χ1) is 10.2. The summed E-state index contributed by atoms with van der Waals surface area (Å²) < 4.78 is 0. The molecule has 6 heteroatoms. The fourth-order valence-electron chi connectivity index (χ4n) is 1.74. The number of nitrogens with two attached hydrogens (primary N) is 1. The lowest BCUT2D eigenvalue weighted by Gasteiger charge is -2.24. The summed E-state index contributed by atoms with van der Waals surface area (Å²) in [5.74, 6) is 0.480. The van der Waals surface area contributed by atoms with Gasteiger partial charge in [-0.3, -0.25) is 0 Å². The van der Waals surface area contributed by atoms with E-state index < -0.39 is 0 Å². The number of nitrogens with one attached hydrogen (secondary N) is 1. The lowest BCUT2D eigenvalue weighted by atomic mass is 10.0. The Kier molecular flexibility index (Phi) is 7.19. The molecule has 21 heavy (non-hydrogen) atoms. The van der Waals surface area contributed by atoms with Crippen LogP contribution in [-0.2, 0) is 0 Å². The Morgan fingerprint density at radius 1 is 1.24 bits per heavy atom. The maximum absolute atomic E-state index is 5.87. The SMILES string of the molecule is CC.CC.Nc1cc(-n2ncc(C3CNC3)n2)ccc1Cl. The summed E-state index contributed by atoms with van der Waals surface area (Å²) in [6, 6.07) is 5.37. The Labute approximate surface area is 131 Å². The first-order valence-electron chi connectivity index (χ1n) is 7.42. The van der Waals surface area contributed by atoms with Crippen molar-refractivity contribution in [2.75, 3.05) is 18.8 Å². The van der Waals surface area contributed by atoms with Crippen LogP contribution in [0.4, 0.5) is 5.69 Å². The van der Waals surface area contributed by atoms with Gasteiger partial charge in [-0.05, 0) is 18.2 Å². The third kappa shape index (κ3) is 4.19. The van der Waals surface area contributed by atoms with E-state index >= 15 is 0 Å². The smallest absolute Gasteiger partial charge is 0.0888 e. The Morgan fingerprint density at radius 3 is 2.43 bits per heavy atom. The summed E-state index contributed by atoms with van der Waals surface area (Å²) >= 11 is 5.87. The van der Waals surface area contributed by atoms with Crippen molar-refractivity contribution in [3.63, 3.8) is 0 Å². The summed E-state index contributed by atoms with van der Waals surface area (Å²) in [4.78, 5) is 1.58. The van der Waals surface area contributed by atoms with Gasteiger partial charge < -0.3 is 11.1 Å². The van der Waals surface area contributed by atoms with E-state index in [0.29, 0.717) is 16.6 Å². The molecule has 1 fully saturated rings. The summed E-state index contributed by atoms with van der Waals surface area (Å²) in [6.07, 6.45) is 1.80. The number of anilines is 1. The van der Waals surface area contributed by atoms with Gasteiger partial charge in [-0.25, -0.2) is 0 Å². The predicted molar refractivity (Wildman–Crippen MR) is 89.1 cm³/mol. The van der Waals surface area contributed by atoms with Gasteiger partial charge >= 0.3 is 0 Å². The molecular formula is C15H24ClN5. The van der Waals surface area contributed by atoms with Crippen LogP contribution in [0.1, 0.15) is 39.3 Å². The van der Waals surface area contributed by atoms with Gasteiger partial charge in [-0.2, -0.15) is 15.0 Å². The normalized spacial score (nSPS) is 13.4. The number of benzene rings is 1. The van der Waals surface area contributed by atoms with Crippen LogP contribution in [0.2, 0.25) is 5.02 Å². The third-order valence-electron chi connectivity index (χ3n) is 2.92. The van der Waals surface area contributed by atoms with Gasteiger partial charge in [0.1, 0.15) is 0 Å². The average Bonchev–Trinajstić information content (AvgIpc) is 2.94. The molecule has 1 aliphatic heterocycles. The molecule has 116 valence electrons. The molecule has 0 atom stereocenters. The van der Waals surface area contributed by atoms with E-state index in [2.05, 4.69) is 15.5 Å². The maximum Gasteiger partial charge on any atom is 0.0888 e. The van der Waals surface area contributed by atoms with Crippen molar-refractivity contribution in [3.05, 3.63) is 35.1 Å². The van der Waals surface area contributed by atoms with Crippen molar-refractivity contribution in [1.29, 1.82) is 0 Å². The zero-order valence-corrected chi connectivity index (χ0v) is 13.9. The molecule has 0 bridgehead atoms. The first kappa shape index (κ1) is 17.5. The lowest BCUT2D eigenvalue weighted by Crippen LogP contribution is -2.40. The third-order valence-corrected chi connectivity index (χ3v) is 3.26. The molecule has 0 spiro atoms. The van der Waals surface area contributed by atoms with Crippen molar-refractivity contribution in [3.8, 4) is 5.69 Å². The summed E-state index contributed by atoms with van der Waals surface area (Å²) in [6.45, 7) is 9.95. The first-order valence-corrected chi connectivity index (χ1v) is 7.80. The molecule has 3 N–H and O–H groups in total.